The summed E-state index contributed by atoms with van der Waals surface area (Å²) < 4.78 is 2.24. The van der Waals surface area contributed by atoms with Gasteiger partial charge in [0.05, 0.1) is 0 Å². The molecule has 2 atom stereocenters. The third-order valence-corrected chi connectivity index (χ3v) is 6.24. The lowest BCUT2D eigenvalue weighted by molar-refractivity contribution is -0.136. The zero-order valence-corrected chi connectivity index (χ0v) is 19.6. The van der Waals surface area contributed by atoms with Gasteiger partial charge in [0.15, 0.2) is 0 Å². The molecule has 4 N–H and O–H groups in total. The molecule has 2 bridgehead atoms. The van der Waals surface area contributed by atoms with Crippen LogP contribution in [0.2, 0.25) is 0 Å². The predicted octanol–water partition coefficient (Wildman–Crippen LogP) is 2.92. The number of hydrogen-bond donors (Lipinski definition) is 4. The number of rotatable bonds is 6. The molecule has 1 aromatic carbocycles. The van der Waals surface area contributed by atoms with Crippen molar-refractivity contribution in [3.05, 3.63) is 36.0 Å². The first-order valence-corrected chi connectivity index (χ1v) is 12.0. The molecule has 2 aromatic rings. The summed E-state index contributed by atoms with van der Waals surface area (Å²) in [5.74, 6) is -1.62. The van der Waals surface area contributed by atoms with Crippen LogP contribution in [0.1, 0.15) is 57.9 Å². The summed E-state index contributed by atoms with van der Waals surface area (Å²) in [5.41, 5.74) is 3.75. The van der Waals surface area contributed by atoms with E-state index in [-0.39, 0.29) is 24.2 Å². The molecule has 0 radical (unpaired) electrons. The van der Waals surface area contributed by atoms with Gasteiger partial charge in [-0.1, -0.05) is 44.9 Å². The van der Waals surface area contributed by atoms with Crippen LogP contribution in [0.5, 0.6) is 0 Å². The number of para-hydroxylation sites is 1. The number of amides is 3. The average Bonchev–Trinajstić information content (AvgIpc) is 3.14. The van der Waals surface area contributed by atoms with Gasteiger partial charge < -0.3 is 15.2 Å². The maximum absolute atomic E-state index is 13.1. The SMILES string of the molecule is CC(C)C[C@@H](CC(=O)NO)C(=O)N[C@@H]1Cc2cn(c3ccccc23)CCCCCCNC1=O. The zero-order chi connectivity index (χ0) is 23.8. The fraction of sp³-hybridized carbons (Fsp3) is 0.560. The number of aromatic nitrogens is 1. The van der Waals surface area contributed by atoms with Crippen molar-refractivity contribution in [3.8, 4) is 0 Å². The van der Waals surface area contributed by atoms with E-state index in [9.17, 15) is 14.4 Å². The number of benzene rings is 1. The van der Waals surface area contributed by atoms with Crippen LogP contribution in [0.3, 0.4) is 0 Å². The summed E-state index contributed by atoms with van der Waals surface area (Å²) in [6.07, 6.45) is 6.93. The third kappa shape index (κ3) is 6.81. The third-order valence-electron chi connectivity index (χ3n) is 6.24. The highest BCUT2D eigenvalue weighted by atomic mass is 16.5. The molecule has 0 saturated carbocycles. The van der Waals surface area contributed by atoms with Gasteiger partial charge in [-0.3, -0.25) is 19.6 Å². The standard InChI is InChI=1S/C25H36N4O4/c1-17(2)13-18(15-23(30)28-33)24(31)27-21-14-19-16-29(22-10-6-5-9-20(19)22)12-8-4-3-7-11-26-25(21)32/h5-6,9-10,16-18,21,33H,3-4,7-8,11-15H2,1-2H3,(H,26,32)(H,27,31)(H,28,30)/t18-,21+/m0/s1. The largest absolute Gasteiger partial charge is 0.354 e. The Hall–Kier alpha value is -2.87. The van der Waals surface area contributed by atoms with Crippen LogP contribution in [0.15, 0.2) is 30.5 Å². The molecule has 2 heterocycles. The summed E-state index contributed by atoms with van der Waals surface area (Å²) in [7, 11) is 0. The first kappa shape index (κ1) is 24.8. The number of hydrogen-bond acceptors (Lipinski definition) is 4. The first-order valence-electron chi connectivity index (χ1n) is 12.0. The van der Waals surface area contributed by atoms with E-state index in [2.05, 4.69) is 33.5 Å². The van der Waals surface area contributed by atoms with Crippen LogP contribution in [-0.2, 0) is 27.3 Å². The molecule has 3 amide bonds. The van der Waals surface area contributed by atoms with E-state index in [1.807, 2.05) is 26.0 Å². The summed E-state index contributed by atoms with van der Waals surface area (Å²) in [5, 5.41) is 15.9. The molecule has 0 spiro atoms. The van der Waals surface area contributed by atoms with Crippen molar-refractivity contribution in [2.45, 2.75) is 71.4 Å². The van der Waals surface area contributed by atoms with Gasteiger partial charge in [0.2, 0.25) is 17.7 Å². The van der Waals surface area contributed by atoms with Crippen molar-refractivity contribution in [1.29, 1.82) is 0 Å². The molecule has 0 unspecified atom stereocenters. The minimum Gasteiger partial charge on any atom is -0.354 e. The Balaban J connectivity index is 1.87. The lowest BCUT2D eigenvalue weighted by Crippen LogP contribution is -2.50. The monoisotopic (exact) mass is 456 g/mol. The van der Waals surface area contributed by atoms with E-state index >= 15 is 0 Å². The van der Waals surface area contributed by atoms with E-state index in [4.69, 9.17) is 5.21 Å². The number of nitrogens with one attached hydrogen (secondary N) is 3. The lowest BCUT2D eigenvalue weighted by Gasteiger charge is -2.23. The molecule has 3 rings (SSSR count). The maximum atomic E-state index is 13.1. The molecule has 0 aliphatic carbocycles. The van der Waals surface area contributed by atoms with E-state index in [1.165, 1.54) is 0 Å². The maximum Gasteiger partial charge on any atom is 0.244 e. The minimum atomic E-state index is -0.746. The van der Waals surface area contributed by atoms with Gasteiger partial charge in [-0.25, -0.2) is 5.48 Å². The molecule has 1 aromatic heterocycles. The van der Waals surface area contributed by atoms with Crippen LogP contribution in [-0.4, -0.2) is 40.1 Å². The van der Waals surface area contributed by atoms with Crippen LogP contribution < -0.4 is 16.1 Å². The normalized spacial score (nSPS) is 18.5. The summed E-state index contributed by atoms with van der Waals surface area (Å²) in [6.45, 7) is 5.44. The van der Waals surface area contributed by atoms with E-state index in [1.54, 1.807) is 5.48 Å². The van der Waals surface area contributed by atoms with Gasteiger partial charge in [0.1, 0.15) is 6.04 Å². The summed E-state index contributed by atoms with van der Waals surface area (Å²) in [6, 6.07) is 7.39. The number of fused-ring (bicyclic) bond motifs is 5. The van der Waals surface area contributed by atoms with Gasteiger partial charge >= 0.3 is 0 Å². The summed E-state index contributed by atoms with van der Waals surface area (Å²) >= 11 is 0. The quantitative estimate of drug-likeness (QED) is 0.395. The van der Waals surface area contributed by atoms with Gasteiger partial charge in [-0.05, 0) is 36.8 Å². The fourth-order valence-corrected chi connectivity index (χ4v) is 4.61. The molecule has 0 saturated heterocycles. The second kappa shape index (κ2) is 11.8. The molecule has 1 aliphatic rings. The molecule has 0 fully saturated rings. The molecule has 33 heavy (non-hydrogen) atoms. The average molecular weight is 457 g/mol. The number of carbonyl (C=O) groups is 3. The van der Waals surface area contributed by atoms with E-state index in [0.717, 1.165) is 48.7 Å². The van der Waals surface area contributed by atoms with Crippen LogP contribution in [0.25, 0.3) is 10.9 Å². The van der Waals surface area contributed by atoms with Gasteiger partial charge in [-0.2, -0.15) is 0 Å². The second-order valence-corrected chi connectivity index (χ2v) is 9.40. The fourth-order valence-electron chi connectivity index (χ4n) is 4.61. The number of hydroxylamine groups is 1. The molecule has 8 heteroatoms. The Labute approximate surface area is 195 Å². The van der Waals surface area contributed by atoms with Crippen molar-refractivity contribution >= 4 is 28.6 Å². The number of nitrogens with zero attached hydrogens (tertiary/aromatic N) is 1. The second-order valence-electron chi connectivity index (χ2n) is 9.40. The highest BCUT2D eigenvalue weighted by Crippen LogP contribution is 2.24. The summed E-state index contributed by atoms with van der Waals surface area (Å²) in [4.78, 5) is 38.0. The van der Waals surface area contributed by atoms with Crippen molar-refractivity contribution in [3.63, 3.8) is 0 Å². The van der Waals surface area contributed by atoms with Crippen molar-refractivity contribution < 1.29 is 19.6 Å². The Morgan fingerprint density at radius 3 is 2.70 bits per heavy atom. The first-order chi connectivity index (χ1) is 15.9. The van der Waals surface area contributed by atoms with Crippen molar-refractivity contribution in [2.75, 3.05) is 6.54 Å². The molecule has 180 valence electrons. The predicted molar refractivity (Wildman–Crippen MR) is 127 cm³/mol. The van der Waals surface area contributed by atoms with Crippen LogP contribution >= 0.6 is 0 Å². The molecule has 8 nitrogen and oxygen atoms in total. The lowest BCUT2D eigenvalue weighted by atomic mass is 9.92. The van der Waals surface area contributed by atoms with E-state index in [0.29, 0.717) is 19.4 Å². The molecular weight excluding hydrogens is 420 g/mol. The highest BCUT2D eigenvalue weighted by Gasteiger charge is 2.29. The van der Waals surface area contributed by atoms with Gasteiger partial charge in [-0.15, -0.1) is 0 Å². The molecular formula is C25H36N4O4. The van der Waals surface area contributed by atoms with Crippen molar-refractivity contribution in [2.24, 2.45) is 11.8 Å². The number of carbonyl (C=O) groups excluding carboxylic acids is 3. The number of aryl methyl sites for hydroxylation is 1. The Kier molecular flexibility index (Phi) is 8.88. The van der Waals surface area contributed by atoms with Gasteiger partial charge in [0, 0.05) is 48.9 Å². The zero-order valence-electron chi connectivity index (χ0n) is 19.6. The highest BCUT2D eigenvalue weighted by molar-refractivity contribution is 5.91. The smallest absolute Gasteiger partial charge is 0.244 e. The van der Waals surface area contributed by atoms with Crippen molar-refractivity contribution in [1.82, 2.24) is 20.7 Å². The topological polar surface area (TPSA) is 112 Å². The van der Waals surface area contributed by atoms with Crippen LogP contribution in [0, 0.1) is 11.8 Å². The Morgan fingerprint density at radius 2 is 1.94 bits per heavy atom. The Morgan fingerprint density at radius 1 is 1.18 bits per heavy atom. The molecule has 1 aliphatic heterocycles. The van der Waals surface area contributed by atoms with Crippen LogP contribution in [0.4, 0.5) is 0 Å². The van der Waals surface area contributed by atoms with E-state index < -0.39 is 17.9 Å². The van der Waals surface area contributed by atoms with Gasteiger partial charge in [0.25, 0.3) is 0 Å². The Bertz CT molecular complexity index is 968. The minimum absolute atomic E-state index is 0.131.